The third kappa shape index (κ3) is 3.08. The number of carbonyl (C=O) groups excluding carboxylic acids is 1. The van der Waals surface area contributed by atoms with Crippen LogP contribution in [0.25, 0.3) is 33.1 Å². The maximum Gasteiger partial charge on any atom is 0.308 e. The highest BCUT2D eigenvalue weighted by molar-refractivity contribution is 5.86. The molecule has 0 atom stereocenters. The quantitative estimate of drug-likeness (QED) is 0.398. The van der Waals surface area contributed by atoms with Gasteiger partial charge < -0.3 is 9.15 Å². The van der Waals surface area contributed by atoms with Crippen molar-refractivity contribution < 1.29 is 13.9 Å². The molecule has 4 aromatic rings. The Morgan fingerprint density at radius 2 is 1.96 bits per heavy atom. The van der Waals surface area contributed by atoms with E-state index in [0.717, 1.165) is 16.5 Å². The highest BCUT2D eigenvalue weighted by atomic mass is 16.5. The molecule has 2 heterocycles. The van der Waals surface area contributed by atoms with Gasteiger partial charge in [0.1, 0.15) is 17.6 Å². The smallest absolute Gasteiger partial charge is 0.308 e. The number of fused-ring (bicyclic) bond motifs is 2. The van der Waals surface area contributed by atoms with Gasteiger partial charge in [-0.05, 0) is 30.2 Å². The van der Waals surface area contributed by atoms with Gasteiger partial charge in [0.15, 0.2) is 0 Å². The molecule has 0 spiro atoms. The Balaban J connectivity index is 1.90. The van der Waals surface area contributed by atoms with Gasteiger partial charge in [0.05, 0.1) is 22.2 Å². The average molecular weight is 359 g/mol. The molecule has 0 amide bonds. The van der Waals surface area contributed by atoms with Gasteiger partial charge in [0.2, 0.25) is 5.43 Å². The second-order valence-corrected chi connectivity index (χ2v) is 6.27. The summed E-state index contributed by atoms with van der Waals surface area (Å²) in [4.78, 5) is 28.9. The van der Waals surface area contributed by atoms with Crippen molar-refractivity contribution in [2.45, 2.75) is 20.3 Å². The minimum absolute atomic E-state index is 0.164. The van der Waals surface area contributed by atoms with E-state index in [4.69, 9.17) is 9.15 Å². The van der Waals surface area contributed by atoms with E-state index in [-0.39, 0.29) is 5.43 Å². The van der Waals surface area contributed by atoms with Crippen molar-refractivity contribution in [3.05, 3.63) is 70.6 Å². The first-order chi connectivity index (χ1) is 13.1. The monoisotopic (exact) mass is 359 g/mol. The number of hydrogen-bond donors (Lipinski definition) is 0. The Labute approximate surface area is 155 Å². The Bertz CT molecular complexity index is 1240. The van der Waals surface area contributed by atoms with Crippen LogP contribution in [0.2, 0.25) is 0 Å². The Morgan fingerprint density at radius 1 is 1.15 bits per heavy atom. The number of nitrogens with zero attached hydrogens (tertiary/aromatic N) is 1. The molecule has 5 heteroatoms. The number of rotatable bonds is 3. The van der Waals surface area contributed by atoms with E-state index in [1.54, 1.807) is 12.1 Å². The molecule has 0 radical (unpaired) electrons. The van der Waals surface area contributed by atoms with Crippen LogP contribution in [0.3, 0.4) is 0 Å². The van der Waals surface area contributed by atoms with Crippen molar-refractivity contribution in [2.24, 2.45) is 0 Å². The first kappa shape index (κ1) is 17.0. The fourth-order valence-electron chi connectivity index (χ4n) is 3.12. The topological polar surface area (TPSA) is 69.4 Å². The standard InChI is InChI=1S/C22H17NO4/c1-3-14-10-16-21(11-20(14)27-13(2)24)26-12-17(22(16)25)19-9-8-15-6-4-5-7-18(15)23-19/h4-12H,3H2,1-2H3. The molecule has 2 aromatic carbocycles. The number of pyridine rings is 1. The highest BCUT2D eigenvalue weighted by Crippen LogP contribution is 2.27. The zero-order chi connectivity index (χ0) is 19.0. The van der Waals surface area contributed by atoms with Crippen molar-refractivity contribution in [3.63, 3.8) is 0 Å². The summed E-state index contributed by atoms with van der Waals surface area (Å²) in [6.45, 7) is 3.28. The molecule has 5 nitrogen and oxygen atoms in total. The van der Waals surface area contributed by atoms with Gasteiger partial charge in [-0.3, -0.25) is 9.59 Å². The largest absolute Gasteiger partial charge is 0.463 e. The molecule has 134 valence electrons. The molecule has 4 rings (SSSR count). The first-order valence-electron chi connectivity index (χ1n) is 8.70. The molecule has 27 heavy (non-hydrogen) atoms. The van der Waals surface area contributed by atoms with Crippen LogP contribution in [0.15, 0.2) is 64.0 Å². The van der Waals surface area contributed by atoms with Gasteiger partial charge >= 0.3 is 5.97 Å². The second kappa shape index (κ2) is 6.68. The molecule has 0 saturated heterocycles. The maximum atomic E-state index is 13.1. The van der Waals surface area contributed by atoms with E-state index >= 15 is 0 Å². The summed E-state index contributed by atoms with van der Waals surface area (Å²) in [7, 11) is 0. The minimum atomic E-state index is -0.414. The van der Waals surface area contributed by atoms with Gasteiger partial charge in [-0.2, -0.15) is 0 Å². The summed E-state index contributed by atoms with van der Waals surface area (Å²) in [5.41, 5.74) is 2.76. The van der Waals surface area contributed by atoms with E-state index in [0.29, 0.717) is 34.4 Å². The summed E-state index contributed by atoms with van der Waals surface area (Å²) in [5, 5.41) is 1.45. The zero-order valence-electron chi connectivity index (χ0n) is 15.0. The van der Waals surface area contributed by atoms with E-state index in [9.17, 15) is 9.59 Å². The number of ether oxygens (including phenoxy) is 1. The zero-order valence-corrected chi connectivity index (χ0v) is 15.0. The van der Waals surface area contributed by atoms with Gasteiger partial charge in [-0.1, -0.05) is 31.2 Å². The molecular formula is C22H17NO4. The predicted molar refractivity (Wildman–Crippen MR) is 104 cm³/mol. The lowest BCUT2D eigenvalue weighted by Gasteiger charge is -2.09. The number of hydrogen-bond acceptors (Lipinski definition) is 5. The lowest BCUT2D eigenvalue weighted by atomic mass is 10.0. The summed E-state index contributed by atoms with van der Waals surface area (Å²) in [6, 6.07) is 14.8. The van der Waals surface area contributed by atoms with Crippen molar-refractivity contribution in [1.82, 2.24) is 4.98 Å². The molecule has 0 fully saturated rings. The van der Waals surface area contributed by atoms with E-state index in [2.05, 4.69) is 4.98 Å². The molecule has 0 unspecified atom stereocenters. The van der Waals surface area contributed by atoms with Gasteiger partial charge in [-0.25, -0.2) is 4.98 Å². The van der Waals surface area contributed by atoms with Crippen LogP contribution < -0.4 is 10.2 Å². The van der Waals surface area contributed by atoms with E-state index < -0.39 is 5.97 Å². The Hall–Kier alpha value is -3.47. The second-order valence-electron chi connectivity index (χ2n) is 6.27. The number of aryl methyl sites for hydroxylation is 1. The molecule has 0 N–H and O–H groups in total. The maximum absolute atomic E-state index is 13.1. The lowest BCUT2D eigenvalue weighted by molar-refractivity contribution is -0.131. The van der Waals surface area contributed by atoms with Crippen LogP contribution in [-0.2, 0) is 11.2 Å². The number of para-hydroxylation sites is 1. The fraction of sp³-hybridized carbons (Fsp3) is 0.136. The van der Waals surface area contributed by atoms with Crippen LogP contribution >= 0.6 is 0 Å². The molecule has 0 bridgehead atoms. The molecule has 2 aromatic heterocycles. The minimum Gasteiger partial charge on any atom is -0.463 e. The normalized spacial score (nSPS) is 11.0. The number of esters is 1. The number of aromatic nitrogens is 1. The summed E-state index contributed by atoms with van der Waals surface area (Å²) >= 11 is 0. The molecule has 0 aliphatic carbocycles. The van der Waals surface area contributed by atoms with Crippen LogP contribution in [0.1, 0.15) is 19.4 Å². The number of benzene rings is 2. The van der Waals surface area contributed by atoms with Crippen molar-refractivity contribution in [1.29, 1.82) is 0 Å². The van der Waals surface area contributed by atoms with E-state index in [1.807, 2.05) is 43.3 Å². The SMILES string of the molecule is CCc1cc2c(=O)c(-c3ccc4ccccc4n3)coc2cc1OC(C)=O. The fourth-order valence-corrected chi connectivity index (χ4v) is 3.12. The third-order valence-corrected chi connectivity index (χ3v) is 4.46. The molecular weight excluding hydrogens is 342 g/mol. The summed E-state index contributed by atoms with van der Waals surface area (Å²) in [6.07, 6.45) is 2.03. The molecule has 0 aliphatic rings. The van der Waals surface area contributed by atoms with Crippen LogP contribution in [0, 0.1) is 0 Å². The van der Waals surface area contributed by atoms with Crippen molar-refractivity contribution in [2.75, 3.05) is 0 Å². The average Bonchev–Trinajstić information content (AvgIpc) is 2.67. The van der Waals surface area contributed by atoms with Crippen LogP contribution in [0.5, 0.6) is 5.75 Å². The third-order valence-electron chi connectivity index (χ3n) is 4.46. The Morgan fingerprint density at radius 3 is 2.74 bits per heavy atom. The molecule has 0 aliphatic heterocycles. The predicted octanol–water partition coefficient (Wildman–Crippen LogP) is 4.50. The van der Waals surface area contributed by atoms with Gasteiger partial charge in [0, 0.05) is 18.4 Å². The van der Waals surface area contributed by atoms with E-state index in [1.165, 1.54) is 13.2 Å². The summed E-state index contributed by atoms with van der Waals surface area (Å²) < 4.78 is 10.9. The van der Waals surface area contributed by atoms with Gasteiger partial charge in [-0.15, -0.1) is 0 Å². The Kier molecular flexibility index (Phi) is 4.20. The number of carbonyl (C=O) groups is 1. The van der Waals surface area contributed by atoms with Crippen LogP contribution in [0.4, 0.5) is 0 Å². The first-order valence-corrected chi connectivity index (χ1v) is 8.70. The van der Waals surface area contributed by atoms with Crippen LogP contribution in [-0.4, -0.2) is 11.0 Å². The summed E-state index contributed by atoms with van der Waals surface area (Å²) in [5.74, 6) is 0.000566. The molecule has 0 saturated carbocycles. The highest BCUT2D eigenvalue weighted by Gasteiger charge is 2.15. The lowest BCUT2D eigenvalue weighted by Crippen LogP contribution is -2.08. The van der Waals surface area contributed by atoms with Crippen molar-refractivity contribution in [3.8, 4) is 17.0 Å². The van der Waals surface area contributed by atoms with Gasteiger partial charge in [0.25, 0.3) is 0 Å². The van der Waals surface area contributed by atoms with Crippen molar-refractivity contribution >= 4 is 27.8 Å².